The van der Waals surface area contributed by atoms with Gasteiger partial charge in [0.05, 0.1) is 15.8 Å². The molecular formula is C10H10Cl2N2O4S2. The summed E-state index contributed by atoms with van der Waals surface area (Å²) in [5, 5.41) is 15.2. The Bertz CT molecular complexity index is 695. The minimum absolute atomic E-state index is 0.0216. The van der Waals surface area contributed by atoms with E-state index in [9.17, 15) is 18.3 Å². The number of hydrogen-bond acceptors (Lipinski definition) is 5. The third-order valence-corrected chi connectivity index (χ3v) is 5.74. The van der Waals surface area contributed by atoms with Crippen LogP contribution < -0.4 is 5.14 Å². The van der Waals surface area contributed by atoms with Crippen LogP contribution in [0.1, 0.15) is 5.56 Å². The highest BCUT2D eigenvalue weighted by atomic mass is 35.5. The molecule has 0 aliphatic carbocycles. The van der Waals surface area contributed by atoms with Crippen LogP contribution in [0, 0.1) is 0 Å². The van der Waals surface area contributed by atoms with Crippen LogP contribution in [0.5, 0.6) is 0 Å². The maximum atomic E-state index is 11.5. The van der Waals surface area contributed by atoms with E-state index in [0.717, 1.165) is 22.7 Å². The summed E-state index contributed by atoms with van der Waals surface area (Å²) >= 11 is 12.7. The van der Waals surface area contributed by atoms with E-state index >= 15 is 0 Å². The first kappa shape index (κ1) is 15.9. The molecule has 1 saturated heterocycles. The number of amides is 1. The van der Waals surface area contributed by atoms with Gasteiger partial charge in [-0.3, -0.25) is 4.79 Å². The second kappa shape index (κ2) is 5.04. The third-order valence-electron chi connectivity index (χ3n) is 2.99. The fraction of sp³-hybridized carbons (Fsp3) is 0.300. The van der Waals surface area contributed by atoms with Crippen molar-refractivity contribution in [3.63, 3.8) is 0 Å². The number of nitrogens with two attached hydrogens (primary N) is 1. The Balaban J connectivity index is 2.67. The van der Waals surface area contributed by atoms with Crippen molar-refractivity contribution >= 4 is 50.2 Å². The lowest BCUT2D eigenvalue weighted by Crippen LogP contribution is -2.42. The minimum atomic E-state index is -4.07. The zero-order valence-electron chi connectivity index (χ0n) is 10.1. The van der Waals surface area contributed by atoms with Gasteiger partial charge in [-0.05, 0) is 12.1 Å². The molecule has 0 saturated carbocycles. The monoisotopic (exact) mass is 356 g/mol. The summed E-state index contributed by atoms with van der Waals surface area (Å²) in [6, 6.07) is 2.27. The van der Waals surface area contributed by atoms with Crippen LogP contribution in [0.3, 0.4) is 0 Å². The van der Waals surface area contributed by atoms with Gasteiger partial charge in [-0.15, -0.1) is 0 Å². The summed E-state index contributed by atoms with van der Waals surface area (Å²) < 4.78 is 22.9. The molecule has 1 heterocycles. The van der Waals surface area contributed by atoms with Crippen LogP contribution in [0.15, 0.2) is 17.0 Å². The maximum Gasteiger partial charge on any atom is 0.284 e. The van der Waals surface area contributed by atoms with Gasteiger partial charge >= 0.3 is 0 Å². The second-order valence-electron chi connectivity index (χ2n) is 4.24. The number of carbonyl (C=O) groups is 1. The second-order valence-corrected chi connectivity index (χ2v) is 7.51. The Hall–Kier alpha value is -0.510. The molecule has 0 bridgehead atoms. The molecule has 10 heteroatoms. The minimum Gasteiger partial charge on any atom is -0.366 e. The standard InChI is InChI=1S/C10H10Cl2N2O4S2/c1-14-9(15)19-4-10(14,16)5-2-8(20(13,17)18)7(12)3-6(5)11/h2-3,16H,4H2,1H3,(H2,13,17,18). The predicted molar refractivity (Wildman–Crippen MR) is 77.3 cm³/mol. The molecule has 1 aliphatic rings. The van der Waals surface area contributed by atoms with Gasteiger partial charge < -0.3 is 10.0 Å². The molecule has 3 N–H and O–H groups in total. The van der Waals surface area contributed by atoms with Crippen molar-refractivity contribution in [2.75, 3.05) is 12.8 Å². The van der Waals surface area contributed by atoms with Gasteiger partial charge in [0, 0.05) is 12.6 Å². The summed E-state index contributed by atoms with van der Waals surface area (Å²) in [6.07, 6.45) is 0. The van der Waals surface area contributed by atoms with Gasteiger partial charge in [0.1, 0.15) is 4.90 Å². The van der Waals surface area contributed by atoms with E-state index in [1.807, 2.05) is 0 Å². The molecule has 0 radical (unpaired) electrons. The number of primary sulfonamides is 1. The van der Waals surface area contributed by atoms with Gasteiger partial charge in [-0.2, -0.15) is 0 Å². The number of hydrogen-bond donors (Lipinski definition) is 2. The summed E-state index contributed by atoms with van der Waals surface area (Å²) in [5.41, 5.74) is -1.64. The number of sulfonamides is 1. The fourth-order valence-corrected chi connectivity index (χ4v) is 4.31. The van der Waals surface area contributed by atoms with Crippen molar-refractivity contribution in [1.29, 1.82) is 0 Å². The molecule has 1 amide bonds. The molecule has 0 spiro atoms. The van der Waals surface area contributed by atoms with Gasteiger partial charge in [0.25, 0.3) is 5.24 Å². The molecule has 1 aromatic rings. The van der Waals surface area contributed by atoms with Crippen molar-refractivity contribution < 1.29 is 18.3 Å². The first-order chi connectivity index (χ1) is 9.07. The van der Waals surface area contributed by atoms with E-state index in [1.165, 1.54) is 13.1 Å². The first-order valence-electron chi connectivity index (χ1n) is 5.22. The van der Waals surface area contributed by atoms with Gasteiger partial charge in [-0.25, -0.2) is 13.6 Å². The Morgan fingerprint density at radius 3 is 2.45 bits per heavy atom. The van der Waals surface area contributed by atoms with Crippen LogP contribution >= 0.6 is 35.0 Å². The predicted octanol–water partition coefficient (Wildman–Crippen LogP) is 1.58. The molecule has 20 heavy (non-hydrogen) atoms. The third kappa shape index (κ3) is 2.51. The fourth-order valence-electron chi connectivity index (χ4n) is 1.82. The van der Waals surface area contributed by atoms with Crippen molar-refractivity contribution in [2.24, 2.45) is 5.14 Å². The van der Waals surface area contributed by atoms with E-state index in [1.54, 1.807) is 0 Å². The molecule has 1 aliphatic heterocycles. The summed E-state index contributed by atoms with van der Waals surface area (Å²) in [6.45, 7) is 0. The Morgan fingerprint density at radius 2 is 2.00 bits per heavy atom. The van der Waals surface area contributed by atoms with Crippen molar-refractivity contribution in [3.05, 3.63) is 27.7 Å². The van der Waals surface area contributed by atoms with Crippen LogP contribution in [0.25, 0.3) is 0 Å². The molecule has 110 valence electrons. The smallest absolute Gasteiger partial charge is 0.284 e. The number of thioether (sulfide) groups is 1. The summed E-state index contributed by atoms with van der Waals surface area (Å²) in [4.78, 5) is 12.3. The Labute approximate surface area is 129 Å². The lowest BCUT2D eigenvalue weighted by atomic mass is 10.0. The number of benzene rings is 1. The largest absolute Gasteiger partial charge is 0.366 e. The molecule has 1 atom stereocenters. The van der Waals surface area contributed by atoms with E-state index < -0.39 is 15.7 Å². The topological polar surface area (TPSA) is 101 Å². The van der Waals surface area contributed by atoms with Crippen molar-refractivity contribution in [2.45, 2.75) is 10.6 Å². The highest BCUT2D eigenvalue weighted by Gasteiger charge is 2.45. The van der Waals surface area contributed by atoms with E-state index in [2.05, 4.69) is 0 Å². The molecule has 1 fully saturated rings. The average molecular weight is 357 g/mol. The van der Waals surface area contributed by atoms with Crippen molar-refractivity contribution in [3.8, 4) is 0 Å². The molecular weight excluding hydrogens is 347 g/mol. The van der Waals surface area contributed by atoms with E-state index in [0.29, 0.717) is 0 Å². The quantitative estimate of drug-likeness (QED) is 0.837. The molecule has 1 unspecified atom stereocenters. The summed E-state index contributed by atoms with van der Waals surface area (Å²) in [7, 11) is -2.68. The van der Waals surface area contributed by atoms with Gasteiger partial charge in [0.15, 0.2) is 5.72 Å². The number of halogens is 2. The van der Waals surface area contributed by atoms with Crippen LogP contribution in [-0.2, 0) is 15.7 Å². The average Bonchev–Trinajstić information content (AvgIpc) is 2.56. The molecule has 6 nitrogen and oxygen atoms in total. The van der Waals surface area contributed by atoms with E-state index in [-0.39, 0.29) is 31.5 Å². The van der Waals surface area contributed by atoms with Crippen LogP contribution in [0.2, 0.25) is 10.0 Å². The van der Waals surface area contributed by atoms with Gasteiger partial charge in [-0.1, -0.05) is 35.0 Å². The Kier molecular flexibility index (Phi) is 4.00. The Morgan fingerprint density at radius 1 is 1.40 bits per heavy atom. The number of nitrogens with zero attached hydrogens (tertiary/aromatic N) is 1. The lowest BCUT2D eigenvalue weighted by molar-refractivity contribution is -0.0429. The molecule has 1 aromatic carbocycles. The molecule has 2 rings (SSSR count). The normalized spacial score (nSPS) is 23.4. The zero-order chi connectivity index (χ0) is 15.3. The lowest BCUT2D eigenvalue weighted by Gasteiger charge is -2.31. The molecule has 0 aromatic heterocycles. The number of carbonyl (C=O) groups excluding carboxylic acids is 1. The van der Waals surface area contributed by atoms with Crippen molar-refractivity contribution in [1.82, 2.24) is 4.90 Å². The van der Waals surface area contributed by atoms with Gasteiger partial charge in [0.2, 0.25) is 10.0 Å². The van der Waals surface area contributed by atoms with Crippen LogP contribution in [0.4, 0.5) is 4.79 Å². The zero-order valence-corrected chi connectivity index (χ0v) is 13.3. The highest BCUT2D eigenvalue weighted by Crippen LogP contribution is 2.42. The highest BCUT2D eigenvalue weighted by molar-refractivity contribution is 8.13. The van der Waals surface area contributed by atoms with Crippen LogP contribution in [-0.4, -0.2) is 36.5 Å². The SMILES string of the molecule is CN1C(=O)SCC1(O)c1cc(S(N)(=O)=O)c(Cl)cc1Cl. The van der Waals surface area contributed by atoms with E-state index in [4.69, 9.17) is 28.3 Å². The maximum absolute atomic E-state index is 11.5. The number of rotatable bonds is 2. The first-order valence-corrected chi connectivity index (χ1v) is 8.51. The summed E-state index contributed by atoms with van der Waals surface area (Å²) in [5.74, 6) is 0.0216. The number of aliphatic hydroxyl groups is 1.